The Morgan fingerprint density at radius 2 is 2.14 bits per heavy atom. The summed E-state index contributed by atoms with van der Waals surface area (Å²) < 4.78 is 7.53. The molecule has 0 bridgehead atoms. The zero-order valence-corrected chi connectivity index (χ0v) is 15.4. The number of fused-ring (bicyclic) bond motifs is 1. The van der Waals surface area contributed by atoms with Crippen molar-refractivity contribution in [1.29, 1.82) is 0 Å². The molecule has 0 saturated heterocycles. The molecule has 0 aliphatic rings. The quantitative estimate of drug-likeness (QED) is 0.597. The van der Waals surface area contributed by atoms with Crippen LogP contribution in [0.25, 0.3) is 23.3 Å². The van der Waals surface area contributed by atoms with E-state index >= 15 is 0 Å². The smallest absolute Gasteiger partial charge is 0.333 e. The Kier molecular flexibility index (Phi) is 5.77. The minimum absolute atomic E-state index is 0.0881. The summed E-state index contributed by atoms with van der Waals surface area (Å²) in [4.78, 5) is 32.6. The predicted molar refractivity (Wildman–Crippen MR) is 107 cm³/mol. The summed E-state index contributed by atoms with van der Waals surface area (Å²) in [6, 6.07) is 7.46. The first-order chi connectivity index (χ1) is 13.6. The normalized spacial score (nSPS) is 11.2. The summed E-state index contributed by atoms with van der Waals surface area (Å²) in [5.74, 6) is 3.46. The van der Waals surface area contributed by atoms with E-state index in [-0.39, 0.29) is 30.9 Å². The third kappa shape index (κ3) is 3.75. The molecule has 1 aromatic carbocycles. The molecule has 0 atom stereocenters. The molecular weight excluding hydrogens is 360 g/mol. The summed E-state index contributed by atoms with van der Waals surface area (Å²) in [7, 11) is 1.59. The molecule has 0 unspecified atom stereocenters. The van der Waals surface area contributed by atoms with Gasteiger partial charge >= 0.3 is 5.69 Å². The highest BCUT2D eigenvalue weighted by Gasteiger charge is 2.16. The first kappa shape index (κ1) is 19.2. The molecule has 0 amide bonds. The lowest BCUT2D eigenvalue weighted by Gasteiger charge is -2.08. The average molecular weight is 380 g/mol. The second kappa shape index (κ2) is 8.41. The highest BCUT2D eigenvalue weighted by molar-refractivity contribution is 5.75. The molecule has 0 aliphatic carbocycles. The van der Waals surface area contributed by atoms with Gasteiger partial charge in [0.1, 0.15) is 17.1 Å². The van der Waals surface area contributed by atoms with Crippen molar-refractivity contribution in [2.75, 3.05) is 13.7 Å². The van der Waals surface area contributed by atoms with Gasteiger partial charge in [-0.1, -0.05) is 24.1 Å². The molecule has 28 heavy (non-hydrogen) atoms. The number of aromatic nitrogens is 4. The van der Waals surface area contributed by atoms with E-state index < -0.39 is 11.2 Å². The zero-order chi connectivity index (χ0) is 20.1. The lowest BCUT2D eigenvalue weighted by molar-refractivity contribution is 0.279. The molecule has 0 saturated carbocycles. The molecule has 2 aromatic heterocycles. The van der Waals surface area contributed by atoms with Gasteiger partial charge in [0.25, 0.3) is 5.56 Å². The Labute approximate surface area is 160 Å². The Hall–Kier alpha value is -3.57. The van der Waals surface area contributed by atoms with Crippen LogP contribution in [-0.2, 0) is 13.1 Å². The molecule has 8 heteroatoms. The fraction of sp³-hybridized carbons (Fsp3) is 0.250. The van der Waals surface area contributed by atoms with E-state index in [0.29, 0.717) is 12.2 Å². The predicted octanol–water partition coefficient (Wildman–Crippen LogP) is 1.08. The van der Waals surface area contributed by atoms with Gasteiger partial charge in [0.2, 0.25) is 0 Å². The van der Waals surface area contributed by atoms with Gasteiger partial charge in [-0.25, -0.2) is 14.3 Å². The molecule has 0 fully saturated rings. The summed E-state index contributed by atoms with van der Waals surface area (Å²) in [5.41, 5.74) is 0.257. The molecule has 3 rings (SSSR count). The molecule has 3 aromatic rings. The molecule has 0 radical (unpaired) electrons. The monoisotopic (exact) mass is 380 g/mol. The average Bonchev–Trinajstić information content (AvgIpc) is 3.14. The summed E-state index contributed by atoms with van der Waals surface area (Å²) in [6.45, 7) is -0.00344. The number of methoxy groups -OCH3 is 1. The number of benzene rings is 1. The number of rotatable bonds is 7. The third-order valence-corrected chi connectivity index (χ3v) is 4.20. The van der Waals surface area contributed by atoms with E-state index in [1.165, 1.54) is 4.57 Å². The van der Waals surface area contributed by atoms with Gasteiger partial charge in [0, 0.05) is 13.2 Å². The number of hydrogen-bond acceptors (Lipinski definition) is 5. The van der Waals surface area contributed by atoms with E-state index in [9.17, 15) is 9.59 Å². The van der Waals surface area contributed by atoms with Gasteiger partial charge in [-0.3, -0.25) is 9.36 Å². The first-order valence-corrected chi connectivity index (χ1v) is 8.69. The van der Waals surface area contributed by atoms with E-state index in [0.717, 1.165) is 15.9 Å². The van der Waals surface area contributed by atoms with Crippen LogP contribution in [-0.4, -0.2) is 37.9 Å². The molecule has 144 valence electrons. The van der Waals surface area contributed by atoms with E-state index in [1.807, 2.05) is 30.3 Å². The zero-order valence-electron chi connectivity index (χ0n) is 15.4. The highest BCUT2D eigenvalue weighted by Crippen LogP contribution is 2.15. The van der Waals surface area contributed by atoms with Crippen LogP contribution in [0.4, 0.5) is 0 Å². The molecular formula is C20H20N4O4. The Morgan fingerprint density at radius 1 is 1.32 bits per heavy atom. The maximum absolute atomic E-state index is 12.6. The molecule has 8 nitrogen and oxygen atoms in total. The van der Waals surface area contributed by atoms with Gasteiger partial charge in [-0.2, -0.15) is 0 Å². The van der Waals surface area contributed by atoms with Crippen LogP contribution >= 0.6 is 0 Å². The molecule has 0 spiro atoms. The number of aliphatic hydroxyl groups excluding tert-OH is 1. The lowest BCUT2D eigenvalue weighted by atomic mass is 10.2. The summed E-state index contributed by atoms with van der Waals surface area (Å²) in [6.07, 6.45) is 9.17. The SMILES string of the molecule is C#CCn1c(=O)c2[nH]c(/C=C/c3cccc(OC)c3)nc2n(CCCO)c1=O. The number of ether oxygens (including phenoxy) is 1. The van der Waals surface area contributed by atoms with Gasteiger partial charge in [0.15, 0.2) is 5.65 Å². The van der Waals surface area contributed by atoms with Crippen LogP contribution < -0.4 is 16.0 Å². The van der Waals surface area contributed by atoms with Crippen molar-refractivity contribution < 1.29 is 9.84 Å². The Morgan fingerprint density at radius 3 is 2.86 bits per heavy atom. The lowest BCUT2D eigenvalue weighted by Crippen LogP contribution is -2.40. The molecule has 0 aliphatic heterocycles. The number of aliphatic hydroxyl groups is 1. The maximum atomic E-state index is 12.6. The number of aromatic amines is 1. The maximum Gasteiger partial charge on any atom is 0.333 e. The fourth-order valence-electron chi connectivity index (χ4n) is 2.84. The Bertz CT molecular complexity index is 1180. The van der Waals surface area contributed by atoms with Crippen molar-refractivity contribution in [2.24, 2.45) is 0 Å². The van der Waals surface area contributed by atoms with Crippen molar-refractivity contribution in [1.82, 2.24) is 19.1 Å². The van der Waals surface area contributed by atoms with Crippen molar-refractivity contribution in [2.45, 2.75) is 19.5 Å². The second-order valence-corrected chi connectivity index (χ2v) is 6.04. The van der Waals surface area contributed by atoms with Crippen molar-refractivity contribution >= 4 is 23.3 Å². The molecule has 2 heterocycles. The first-order valence-electron chi connectivity index (χ1n) is 8.69. The largest absolute Gasteiger partial charge is 0.497 e. The van der Waals surface area contributed by atoms with Crippen molar-refractivity contribution in [3.63, 3.8) is 0 Å². The third-order valence-electron chi connectivity index (χ3n) is 4.20. The number of aryl methyl sites for hydroxylation is 1. The van der Waals surface area contributed by atoms with Crippen LogP contribution in [0, 0.1) is 12.3 Å². The number of hydrogen-bond donors (Lipinski definition) is 2. The van der Waals surface area contributed by atoms with E-state index in [1.54, 1.807) is 13.2 Å². The van der Waals surface area contributed by atoms with Gasteiger partial charge < -0.3 is 14.8 Å². The fourth-order valence-corrected chi connectivity index (χ4v) is 2.84. The number of H-pyrrole nitrogens is 1. The second-order valence-electron chi connectivity index (χ2n) is 6.04. The van der Waals surface area contributed by atoms with E-state index in [2.05, 4.69) is 15.9 Å². The van der Waals surface area contributed by atoms with Gasteiger partial charge in [0.05, 0.1) is 13.7 Å². The number of terminal acetylenes is 1. The van der Waals surface area contributed by atoms with Crippen LogP contribution in [0.3, 0.4) is 0 Å². The van der Waals surface area contributed by atoms with Crippen LogP contribution in [0.1, 0.15) is 17.8 Å². The highest BCUT2D eigenvalue weighted by atomic mass is 16.5. The topological polar surface area (TPSA) is 102 Å². The van der Waals surface area contributed by atoms with Crippen LogP contribution in [0.5, 0.6) is 5.75 Å². The number of imidazole rings is 1. The van der Waals surface area contributed by atoms with Crippen molar-refractivity contribution in [3.8, 4) is 18.1 Å². The van der Waals surface area contributed by atoms with Gasteiger partial charge in [-0.15, -0.1) is 6.42 Å². The summed E-state index contributed by atoms with van der Waals surface area (Å²) in [5, 5.41) is 9.11. The van der Waals surface area contributed by atoms with E-state index in [4.69, 9.17) is 16.3 Å². The van der Waals surface area contributed by atoms with Crippen molar-refractivity contribution in [3.05, 3.63) is 56.5 Å². The number of nitrogens with zero attached hydrogens (tertiary/aromatic N) is 3. The minimum atomic E-state index is -0.543. The molecule has 2 N–H and O–H groups in total. The minimum Gasteiger partial charge on any atom is -0.497 e. The van der Waals surface area contributed by atoms with Crippen LogP contribution in [0.2, 0.25) is 0 Å². The number of nitrogens with one attached hydrogen (secondary N) is 1. The standard InChI is InChI=1S/C20H20N4O4/c1-3-10-24-19(26)17-18(23(20(24)27)11-5-12-25)22-16(21-17)9-8-14-6-4-7-15(13-14)28-2/h1,4,6-9,13,25H,5,10-12H2,2H3,(H,21,22)/b9-8+. The summed E-state index contributed by atoms with van der Waals surface area (Å²) >= 11 is 0. The Balaban J connectivity index is 2.09. The van der Waals surface area contributed by atoms with Gasteiger partial charge in [-0.05, 0) is 30.2 Å². The van der Waals surface area contributed by atoms with Crippen LogP contribution in [0.15, 0.2) is 33.9 Å².